The number of fused-ring (bicyclic) bond motifs is 1. The number of esters is 1. The van der Waals surface area contributed by atoms with Crippen molar-refractivity contribution in [1.82, 2.24) is 10.2 Å². The van der Waals surface area contributed by atoms with Crippen molar-refractivity contribution in [2.75, 3.05) is 13.7 Å². The van der Waals surface area contributed by atoms with Gasteiger partial charge in [0.1, 0.15) is 12.6 Å². The number of ether oxygens (including phenoxy) is 1. The summed E-state index contributed by atoms with van der Waals surface area (Å²) in [5, 5.41) is 11.8. The van der Waals surface area contributed by atoms with E-state index < -0.39 is 24.0 Å². The number of amides is 2. The molecule has 0 radical (unpaired) electrons. The van der Waals surface area contributed by atoms with E-state index in [1.807, 2.05) is 0 Å². The van der Waals surface area contributed by atoms with Crippen molar-refractivity contribution in [1.29, 1.82) is 0 Å². The van der Waals surface area contributed by atoms with Crippen molar-refractivity contribution < 1.29 is 24.2 Å². The van der Waals surface area contributed by atoms with Crippen LogP contribution in [0.3, 0.4) is 0 Å². The average molecular weight is 298 g/mol. The van der Waals surface area contributed by atoms with Gasteiger partial charge in [-0.25, -0.2) is 9.59 Å². The first-order valence-corrected chi connectivity index (χ1v) is 7.40. The van der Waals surface area contributed by atoms with Gasteiger partial charge in [-0.05, 0) is 31.6 Å². The van der Waals surface area contributed by atoms with Crippen LogP contribution in [-0.4, -0.2) is 53.7 Å². The lowest BCUT2D eigenvalue weighted by atomic mass is 9.76. The Morgan fingerprint density at radius 3 is 2.57 bits per heavy atom. The van der Waals surface area contributed by atoms with E-state index in [4.69, 9.17) is 0 Å². The van der Waals surface area contributed by atoms with Crippen LogP contribution in [-0.2, 0) is 14.3 Å². The number of carboxylic acid groups (broad SMARTS) is 1. The summed E-state index contributed by atoms with van der Waals surface area (Å²) in [6, 6.07) is -1.32. The normalized spacial score (nSPS) is 28.4. The fraction of sp³-hybridized carbons (Fsp3) is 0.786. The second-order valence-corrected chi connectivity index (χ2v) is 5.69. The van der Waals surface area contributed by atoms with Crippen LogP contribution in [0.2, 0.25) is 0 Å². The van der Waals surface area contributed by atoms with Gasteiger partial charge in [0.25, 0.3) is 0 Å². The molecule has 1 saturated heterocycles. The molecule has 0 bridgehead atoms. The molecular weight excluding hydrogens is 276 g/mol. The van der Waals surface area contributed by atoms with E-state index in [-0.39, 0.29) is 12.6 Å². The number of urea groups is 1. The lowest BCUT2D eigenvalue weighted by Crippen LogP contribution is -2.60. The molecule has 1 aliphatic carbocycles. The zero-order chi connectivity index (χ0) is 15.4. The highest BCUT2D eigenvalue weighted by Gasteiger charge is 2.43. The molecule has 2 N–H and O–H groups in total. The number of piperidine rings is 1. The van der Waals surface area contributed by atoms with Crippen LogP contribution in [0.25, 0.3) is 0 Å². The van der Waals surface area contributed by atoms with Crippen molar-refractivity contribution in [2.24, 2.45) is 5.92 Å². The lowest BCUT2D eigenvalue weighted by molar-refractivity contribution is -0.145. The number of carbonyl (C=O) groups excluding carboxylic acids is 2. The predicted molar refractivity (Wildman–Crippen MR) is 73.7 cm³/mol. The van der Waals surface area contributed by atoms with Gasteiger partial charge in [-0.2, -0.15) is 0 Å². The van der Waals surface area contributed by atoms with Gasteiger partial charge in [-0.3, -0.25) is 4.79 Å². The first-order valence-electron chi connectivity index (χ1n) is 7.40. The van der Waals surface area contributed by atoms with Crippen LogP contribution < -0.4 is 5.32 Å². The number of carbonyl (C=O) groups is 3. The van der Waals surface area contributed by atoms with Gasteiger partial charge < -0.3 is 20.1 Å². The van der Waals surface area contributed by atoms with Gasteiger partial charge >= 0.3 is 18.0 Å². The summed E-state index contributed by atoms with van der Waals surface area (Å²) in [6.07, 6.45) is 5.34. The minimum Gasteiger partial charge on any atom is -0.480 e. The molecule has 0 aromatic rings. The highest BCUT2D eigenvalue weighted by Crippen LogP contribution is 2.37. The Bertz CT molecular complexity index is 426. The molecule has 7 nitrogen and oxygen atoms in total. The van der Waals surface area contributed by atoms with Crippen molar-refractivity contribution >= 4 is 18.0 Å². The van der Waals surface area contributed by atoms with Crippen LogP contribution in [0.15, 0.2) is 0 Å². The van der Waals surface area contributed by atoms with Crippen LogP contribution >= 0.6 is 0 Å². The number of hydrogen-bond donors (Lipinski definition) is 2. The Morgan fingerprint density at radius 2 is 1.90 bits per heavy atom. The van der Waals surface area contributed by atoms with Gasteiger partial charge in [0, 0.05) is 6.04 Å². The largest absolute Gasteiger partial charge is 0.480 e. The monoisotopic (exact) mass is 298 g/mol. The molecule has 0 aromatic heterocycles. The van der Waals surface area contributed by atoms with E-state index in [1.54, 1.807) is 0 Å². The first-order chi connectivity index (χ1) is 10.0. The van der Waals surface area contributed by atoms with Gasteiger partial charge in [0.15, 0.2) is 0 Å². The third kappa shape index (κ3) is 3.46. The Kier molecular flexibility index (Phi) is 5.03. The summed E-state index contributed by atoms with van der Waals surface area (Å²) in [5.41, 5.74) is 0. The van der Waals surface area contributed by atoms with E-state index in [1.165, 1.54) is 12.0 Å². The van der Waals surface area contributed by atoms with Crippen LogP contribution in [0.4, 0.5) is 4.79 Å². The number of nitrogens with zero attached hydrogens (tertiary/aromatic N) is 1. The molecule has 2 aliphatic rings. The summed E-state index contributed by atoms with van der Waals surface area (Å²) < 4.78 is 4.48. The molecule has 0 aromatic carbocycles. The molecule has 118 valence electrons. The first kappa shape index (κ1) is 15.6. The number of carboxylic acids is 1. The molecule has 0 spiro atoms. The standard InChI is InChI=1S/C14H22N2O5/c1-21-12(17)8-15-14(20)16-10-5-3-2-4-9(10)6-7-11(16)13(18)19/h9-11H,2-8H2,1H3,(H,15,20)(H,18,19). The molecule has 2 fully saturated rings. The number of hydrogen-bond acceptors (Lipinski definition) is 4. The molecule has 2 amide bonds. The predicted octanol–water partition coefficient (Wildman–Crippen LogP) is 0.977. The highest BCUT2D eigenvalue weighted by molar-refractivity contribution is 5.85. The van der Waals surface area contributed by atoms with E-state index in [2.05, 4.69) is 10.1 Å². The number of nitrogens with one attached hydrogen (secondary N) is 1. The third-order valence-electron chi connectivity index (χ3n) is 4.50. The topological polar surface area (TPSA) is 95.9 Å². The molecule has 21 heavy (non-hydrogen) atoms. The third-order valence-corrected chi connectivity index (χ3v) is 4.50. The summed E-state index contributed by atoms with van der Waals surface area (Å²) in [7, 11) is 1.24. The summed E-state index contributed by atoms with van der Waals surface area (Å²) in [6.45, 7) is -0.241. The van der Waals surface area contributed by atoms with Crippen LogP contribution in [0.5, 0.6) is 0 Å². The Balaban J connectivity index is 2.10. The van der Waals surface area contributed by atoms with E-state index in [9.17, 15) is 19.5 Å². The smallest absolute Gasteiger partial charge is 0.326 e. The molecule has 1 aliphatic heterocycles. The van der Waals surface area contributed by atoms with Crippen LogP contribution in [0.1, 0.15) is 38.5 Å². The fourth-order valence-corrected chi connectivity index (χ4v) is 3.48. The van der Waals surface area contributed by atoms with Crippen molar-refractivity contribution in [3.05, 3.63) is 0 Å². The van der Waals surface area contributed by atoms with Gasteiger partial charge in [0.2, 0.25) is 0 Å². The summed E-state index contributed by atoms with van der Waals surface area (Å²) in [4.78, 5) is 36.3. The molecule has 3 unspecified atom stereocenters. The molecular formula is C14H22N2O5. The molecule has 1 heterocycles. The minimum atomic E-state index is -0.979. The number of methoxy groups -OCH3 is 1. The zero-order valence-corrected chi connectivity index (χ0v) is 12.2. The summed E-state index contributed by atoms with van der Waals surface area (Å²) in [5.74, 6) is -1.15. The van der Waals surface area contributed by atoms with E-state index >= 15 is 0 Å². The quantitative estimate of drug-likeness (QED) is 0.757. The maximum atomic E-state index is 12.3. The summed E-state index contributed by atoms with van der Waals surface area (Å²) >= 11 is 0. The second kappa shape index (κ2) is 6.78. The molecule has 2 rings (SSSR count). The van der Waals surface area contributed by atoms with Gasteiger partial charge in [-0.1, -0.05) is 12.8 Å². The number of rotatable bonds is 3. The van der Waals surface area contributed by atoms with Crippen molar-refractivity contribution in [2.45, 2.75) is 50.6 Å². The van der Waals surface area contributed by atoms with Crippen LogP contribution in [0, 0.1) is 5.92 Å². The zero-order valence-electron chi connectivity index (χ0n) is 12.2. The van der Waals surface area contributed by atoms with E-state index in [0.717, 1.165) is 32.1 Å². The molecule has 1 saturated carbocycles. The maximum Gasteiger partial charge on any atom is 0.326 e. The van der Waals surface area contributed by atoms with Gasteiger partial charge in [0.05, 0.1) is 7.11 Å². The lowest BCUT2D eigenvalue weighted by Gasteiger charge is -2.46. The fourth-order valence-electron chi connectivity index (χ4n) is 3.48. The van der Waals surface area contributed by atoms with E-state index in [0.29, 0.717) is 12.3 Å². The Morgan fingerprint density at radius 1 is 1.19 bits per heavy atom. The highest BCUT2D eigenvalue weighted by atomic mass is 16.5. The Hall–Kier alpha value is -1.79. The molecule has 3 atom stereocenters. The van der Waals surface area contributed by atoms with Crippen molar-refractivity contribution in [3.63, 3.8) is 0 Å². The SMILES string of the molecule is COC(=O)CNC(=O)N1C(C(=O)O)CCC2CCCCC21. The maximum absolute atomic E-state index is 12.3. The number of likely N-dealkylation sites (tertiary alicyclic amines) is 1. The van der Waals surface area contributed by atoms with Gasteiger partial charge in [-0.15, -0.1) is 0 Å². The second-order valence-electron chi connectivity index (χ2n) is 5.69. The van der Waals surface area contributed by atoms with Crippen molar-refractivity contribution in [3.8, 4) is 0 Å². The average Bonchev–Trinajstić information content (AvgIpc) is 2.50. The number of aliphatic carboxylic acids is 1. The molecule has 7 heteroatoms. The Labute approximate surface area is 123 Å². The minimum absolute atomic E-state index is 0.0359.